The Morgan fingerprint density at radius 2 is 2.05 bits per heavy atom. The standard InChI is InChI=1S/C13H19N3O3/c1-3-13(4-2,11(17)18)16-12(19)15-9-10-6-5-7-14-8-10/h5-8H,3-4,9H2,1-2H3,(H,17,18)(H2,15,16,19). The fourth-order valence-electron chi connectivity index (χ4n) is 1.73. The minimum atomic E-state index is -1.21. The number of nitrogens with zero attached hydrogens (tertiary/aromatic N) is 1. The SMILES string of the molecule is CCC(CC)(NC(=O)NCc1cccnc1)C(=O)O. The van der Waals surface area contributed by atoms with E-state index in [4.69, 9.17) is 0 Å². The van der Waals surface area contributed by atoms with Crippen molar-refractivity contribution in [2.75, 3.05) is 0 Å². The number of amides is 2. The molecule has 0 saturated carbocycles. The molecule has 1 rings (SSSR count). The van der Waals surface area contributed by atoms with Gasteiger partial charge in [0.2, 0.25) is 0 Å². The van der Waals surface area contributed by atoms with Gasteiger partial charge in [-0.2, -0.15) is 0 Å². The quantitative estimate of drug-likeness (QED) is 0.727. The molecule has 6 heteroatoms. The summed E-state index contributed by atoms with van der Waals surface area (Å²) < 4.78 is 0. The number of carboxylic acids is 1. The van der Waals surface area contributed by atoms with E-state index in [9.17, 15) is 14.7 Å². The number of hydrogen-bond acceptors (Lipinski definition) is 3. The molecular formula is C13H19N3O3. The van der Waals surface area contributed by atoms with Gasteiger partial charge >= 0.3 is 12.0 Å². The summed E-state index contributed by atoms with van der Waals surface area (Å²) in [5, 5.41) is 14.4. The number of carboxylic acid groups (broad SMARTS) is 1. The van der Waals surface area contributed by atoms with Gasteiger partial charge in [0.05, 0.1) is 0 Å². The fraction of sp³-hybridized carbons (Fsp3) is 0.462. The zero-order valence-electron chi connectivity index (χ0n) is 11.1. The normalized spacial score (nSPS) is 10.8. The minimum Gasteiger partial charge on any atom is -0.480 e. The molecule has 0 bridgehead atoms. The monoisotopic (exact) mass is 265 g/mol. The van der Waals surface area contributed by atoms with Crippen molar-refractivity contribution >= 4 is 12.0 Å². The number of hydrogen-bond donors (Lipinski definition) is 3. The average molecular weight is 265 g/mol. The Kier molecular flexibility index (Phi) is 5.29. The topological polar surface area (TPSA) is 91.3 Å². The molecule has 104 valence electrons. The lowest BCUT2D eigenvalue weighted by Gasteiger charge is -2.28. The molecule has 0 atom stereocenters. The maximum atomic E-state index is 11.7. The van der Waals surface area contributed by atoms with Gasteiger partial charge in [0.15, 0.2) is 0 Å². The third-order valence-corrected chi connectivity index (χ3v) is 3.15. The van der Waals surface area contributed by atoms with Crippen LogP contribution in [-0.4, -0.2) is 27.6 Å². The van der Waals surface area contributed by atoms with Crippen LogP contribution in [0.2, 0.25) is 0 Å². The highest BCUT2D eigenvalue weighted by Gasteiger charge is 2.36. The summed E-state index contributed by atoms with van der Waals surface area (Å²) >= 11 is 0. The summed E-state index contributed by atoms with van der Waals surface area (Å²) in [6.07, 6.45) is 3.95. The number of nitrogens with one attached hydrogen (secondary N) is 2. The largest absolute Gasteiger partial charge is 0.480 e. The van der Waals surface area contributed by atoms with Crippen molar-refractivity contribution in [3.8, 4) is 0 Å². The van der Waals surface area contributed by atoms with Crippen LogP contribution in [0.3, 0.4) is 0 Å². The van der Waals surface area contributed by atoms with Crippen molar-refractivity contribution in [1.29, 1.82) is 0 Å². The molecule has 2 amide bonds. The fourth-order valence-corrected chi connectivity index (χ4v) is 1.73. The molecule has 6 nitrogen and oxygen atoms in total. The number of pyridine rings is 1. The van der Waals surface area contributed by atoms with Gasteiger partial charge < -0.3 is 15.7 Å². The summed E-state index contributed by atoms with van der Waals surface area (Å²) in [4.78, 5) is 26.9. The second-order valence-corrected chi connectivity index (χ2v) is 4.26. The lowest BCUT2D eigenvalue weighted by Crippen LogP contribution is -2.56. The van der Waals surface area contributed by atoms with Crippen LogP contribution in [0.1, 0.15) is 32.3 Å². The third-order valence-electron chi connectivity index (χ3n) is 3.15. The van der Waals surface area contributed by atoms with E-state index < -0.39 is 17.5 Å². The van der Waals surface area contributed by atoms with Gasteiger partial charge in [-0.1, -0.05) is 19.9 Å². The van der Waals surface area contributed by atoms with E-state index in [-0.39, 0.29) is 0 Å². The van der Waals surface area contributed by atoms with Crippen molar-refractivity contribution in [1.82, 2.24) is 15.6 Å². The molecular weight excluding hydrogens is 246 g/mol. The first-order valence-electron chi connectivity index (χ1n) is 6.22. The van der Waals surface area contributed by atoms with Crippen molar-refractivity contribution in [3.05, 3.63) is 30.1 Å². The second-order valence-electron chi connectivity index (χ2n) is 4.26. The summed E-state index contributed by atoms with van der Waals surface area (Å²) in [5.74, 6) is -1.02. The summed E-state index contributed by atoms with van der Waals surface area (Å²) in [6, 6.07) is 3.11. The van der Waals surface area contributed by atoms with E-state index >= 15 is 0 Å². The first-order valence-corrected chi connectivity index (χ1v) is 6.22. The Balaban J connectivity index is 2.57. The first-order chi connectivity index (χ1) is 9.04. The average Bonchev–Trinajstić information content (AvgIpc) is 2.43. The summed E-state index contributed by atoms with van der Waals surface area (Å²) in [5.41, 5.74) is -0.356. The molecule has 1 aromatic heterocycles. The minimum absolute atomic E-state index is 0.308. The Labute approximate surface area is 112 Å². The molecule has 0 aliphatic carbocycles. The van der Waals surface area contributed by atoms with E-state index in [0.29, 0.717) is 19.4 Å². The van der Waals surface area contributed by atoms with Gasteiger partial charge in [0.25, 0.3) is 0 Å². The van der Waals surface area contributed by atoms with Crippen molar-refractivity contribution < 1.29 is 14.7 Å². The highest BCUT2D eigenvalue weighted by atomic mass is 16.4. The van der Waals surface area contributed by atoms with E-state index in [1.54, 1.807) is 32.3 Å². The number of carbonyl (C=O) groups is 2. The summed E-state index contributed by atoms with van der Waals surface area (Å²) in [6.45, 7) is 3.78. The van der Waals surface area contributed by atoms with Crippen LogP contribution >= 0.6 is 0 Å². The van der Waals surface area contributed by atoms with E-state index in [2.05, 4.69) is 15.6 Å². The Morgan fingerprint density at radius 1 is 1.37 bits per heavy atom. The highest BCUT2D eigenvalue weighted by molar-refractivity contribution is 5.86. The molecule has 0 aliphatic rings. The van der Waals surface area contributed by atoms with Crippen LogP contribution in [0.4, 0.5) is 4.79 Å². The number of rotatable bonds is 6. The Morgan fingerprint density at radius 3 is 2.53 bits per heavy atom. The molecule has 19 heavy (non-hydrogen) atoms. The number of carbonyl (C=O) groups excluding carboxylic acids is 1. The van der Waals surface area contributed by atoms with Crippen molar-refractivity contribution in [2.45, 2.75) is 38.8 Å². The molecule has 0 aliphatic heterocycles. The van der Waals surface area contributed by atoms with Gasteiger partial charge in [0, 0.05) is 18.9 Å². The smallest absolute Gasteiger partial charge is 0.329 e. The zero-order valence-corrected chi connectivity index (χ0v) is 11.1. The van der Waals surface area contributed by atoms with Crippen LogP contribution in [0.5, 0.6) is 0 Å². The molecule has 1 aromatic rings. The number of aliphatic carboxylic acids is 1. The van der Waals surface area contributed by atoms with Gasteiger partial charge in [-0.05, 0) is 24.5 Å². The zero-order chi connectivity index (χ0) is 14.3. The van der Waals surface area contributed by atoms with Gasteiger partial charge in [-0.25, -0.2) is 9.59 Å². The van der Waals surface area contributed by atoms with Crippen LogP contribution in [0.15, 0.2) is 24.5 Å². The lowest BCUT2D eigenvalue weighted by molar-refractivity contribution is -0.144. The van der Waals surface area contributed by atoms with Gasteiger partial charge in [0.1, 0.15) is 5.54 Å². The van der Waals surface area contributed by atoms with E-state index in [1.807, 2.05) is 6.07 Å². The summed E-state index contributed by atoms with van der Waals surface area (Å²) in [7, 11) is 0. The third kappa shape index (κ3) is 3.94. The van der Waals surface area contributed by atoms with Gasteiger partial charge in [-0.15, -0.1) is 0 Å². The maximum absolute atomic E-state index is 11.7. The highest BCUT2D eigenvalue weighted by Crippen LogP contribution is 2.15. The van der Waals surface area contributed by atoms with Crippen LogP contribution in [-0.2, 0) is 11.3 Å². The van der Waals surface area contributed by atoms with Crippen molar-refractivity contribution in [2.24, 2.45) is 0 Å². The number of urea groups is 1. The lowest BCUT2D eigenvalue weighted by atomic mass is 9.93. The van der Waals surface area contributed by atoms with Crippen molar-refractivity contribution in [3.63, 3.8) is 0 Å². The van der Waals surface area contributed by atoms with Crippen LogP contribution in [0.25, 0.3) is 0 Å². The molecule has 3 N–H and O–H groups in total. The predicted octanol–water partition coefficient (Wildman–Crippen LogP) is 1.52. The molecule has 0 fully saturated rings. The predicted molar refractivity (Wildman–Crippen MR) is 70.6 cm³/mol. The van der Waals surface area contributed by atoms with Gasteiger partial charge in [-0.3, -0.25) is 4.98 Å². The Bertz CT molecular complexity index is 430. The Hall–Kier alpha value is -2.11. The first kappa shape index (κ1) is 14.9. The van der Waals surface area contributed by atoms with Crippen LogP contribution in [0, 0.1) is 0 Å². The number of aromatic nitrogens is 1. The molecule has 0 aromatic carbocycles. The van der Waals surface area contributed by atoms with E-state index in [1.165, 1.54) is 0 Å². The molecule has 1 heterocycles. The van der Waals surface area contributed by atoms with E-state index in [0.717, 1.165) is 5.56 Å². The molecule has 0 spiro atoms. The maximum Gasteiger partial charge on any atom is 0.329 e. The van der Waals surface area contributed by atoms with Crippen LogP contribution < -0.4 is 10.6 Å². The molecule has 0 radical (unpaired) electrons. The second kappa shape index (κ2) is 6.72. The molecule has 0 unspecified atom stereocenters. The molecule has 0 saturated heterocycles.